The lowest BCUT2D eigenvalue weighted by atomic mass is 9.84. The number of anilines is 1. The molecule has 1 fully saturated rings. The molecule has 7 heteroatoms. The van der Waals surface area contributed by atoms with Crippen LogP contribution in [0.3, 0.4) is 0 Å². The van der Waals surface area contributed by atoms with Crippen molar-refractivity contribution in [2.24, 2.45) is 0 Å². The number of rotatable bonds is 10. The van der Waals surface area contributed by atoms with Gasteiger partial charge in [0, 0.05) is 37.0 Å². The fourth-order valence-corrected chi connectivity index (χ4v) is 8.14. The molecule has 2 aliphatic rings. The Morgan fingerprint density at radius 2 is 1.54 bits per heavy atom. The largest absolute Gasteiger partial charge is 0.445 e. The van der Waals surface area contributed by atoms with Crippen LogP contribution in [0.5, 0.6) is 0 Å². The summed E-state index contributed by atoms with van der Waals surface area (Å²) in [6.07, 6.45) is 5.01. The lowest BCUT2D eigenvalue weighted by Gasteiger charge is -2.37. The van der Waals surface area contributed by atoms with E-state index in [4.69, 9.17) is 4.74 Å². The molecule has 3 heterocycles. The summed E-state index contributed by atoms with van der Waals surface area (Å²) >= 11 is 1.96. The molecule has 0 bridgehead atoms. The second kappa shape index (κ2) is 12.3. The summed E-state index contributed by atoms with van der Waals surface area (Å²) in [6, 6.07) is 34.5. The van der Waals surface area contributed by atoms with Gasteiger partial charge in [-0.05, 0) is 29.5 Å². The second-order valence-electron chi connectivity index (χ2n) is 10.6. The molecule has 6 nitrogen and oxygen atoms in total. The summed E-state index contributed by atoms with van der Waals surface area (Å²) in [5, 5.41) is 4.63. The molecule has 1 amide bonds. The predicted octanol–water partition coefficient (Wildman–Crippen LogP) is 6.58. The van der Waals surface area contributed by atoms with Crippen LogP contribution >= 0.6 is 11.8 Å². The number of aromatic nitrogens is 2. The maximum atomic E-state index is 13.3. The lowest BCUT2D eigenvalue weighted by molar-refractivity contribution is 0.107. The third kappa shape index (κ3) is 5.51. The maximum Gasteiger partial charge on any atom is 0.410 e. The van der Waals surface area contributed by atoms with Crippen LogP contribution in [-0.4, -0.2) is 58.3 Å². The fraction of sp³-hybridized carbons (Fsp3) is 0.294. The first-order chi connectivity index (χ1) is 20.2. The van der Waals surface area contributed by atoms with Crippen molar-refractivity contribution in [3.05, 3.63) is 133 Å². The molecule has 0 radical (unpaired) electrons. The van der Waals surface area contributed by atoms with Gasteiger partial charge in [0.2, 0.25) is 0 Å². The minimum atomic E-state index is -0.429. The molecule has 0 spiro atoms. The van der Waals surface area contributed by atoms with E-state index in [2.05, 4.69) is 118 Å². The average Bonchev–Trinajstić information content (AvgIpc) is 3.76. The van der Waals surface area contributed by atoms with Crippen LogP contribution in [0.1, 0.15) is 29.5 Å². The predicted molar refractivity (Wildman–Crippen MR) is 166 cm³/mol. The molecule has 0 saturated carbocycles. The van der Waals surface area contributed by atoms with Gasteiger partial charge in [0.1, 0.15) is 12.4 Å². The molecule has 0 unspecified atom stereocenters. The molecule has 6 rings (SSSR count). The van der Waals surface area contributed by atoms with Crippen molar-refractivity contribution in [2.45, 2.75) is 35.4 Å². The number of benzene rings is 3. The Balaban J connectivity index is 1.32. The van der Waals surface area contributed by atoms with E-state index < -0.39 is 4.75 Å². The molecule has 2 aliphatic heterocycles. The number of nitrogens with zero attached hydrogens (tertiary/aromatic N) is 4. The number of carbonyl (C=O) groups excluding carboxylic acids is 1. The van der Waals surface area contributed by atoms with Crippen molar-refractivity contribution in [1.29, 1.82) is 0 Å². The van der Waals surface area contributed by atoms with Crippen LogP contribution in [0.2, 0.25) is 0 Å². The number of carbonyl (C=O) groups is 1. The van der Waals surface area contributed by atoms with E-state index in [9.17, 15) is 4.79 Å². The molecule has 1 aromatic heterocycles. The first-order valence-corrected chi connectivity index (χ1v) is 15.2. The zero-order valence-electron chi connectivity index (χ0n) is 23.2. The Morgan fingerprint density at radius 3 is 2.12 bits per heavy atom. The Hall–Kier alpha value is -3.97. The van der Waals surface area contributed by atoms with E-state index in [0.29, 0.717) is 6.54 Å². The number of thioether (sulfide) groups is 1. The van der Waals surface area contributed by atoms with Crippen LogP contribution in [0, 0.1) is 0 Å². The van der Waals surface area contributed by atoms with Crippen LogP contribution in [0.4, 0.5) is 10.6 Å². The highest BCUT2D eigenvalue weighted by Crippen LogP contribution is 2.52. The van der Waals surface area contributed by atoms with Crippen LogP contribution in [0.25, 0.3) is 0 Å². The molecular weight excluding hydrogens is 528 g/mol. The Morgan fingerprint density at radius 1 is 0.927 bits per heavy atom. The quantitative estimate of drug-likeness (QED) is 0.161. The Labute approximate surface area is 246 Å². The second-order valence-corrected chi connectivity index (χ2v) is 12.1. The van der Waals surface area contributed by atoms with Gasteiger partial charge < -0.3 is 14.5 Å². The van der Waals surface area contributed by atoms with Gasteiger partial charge in [-0.25, -0.2) is 9.48 Å². The number of hydrogen-bond acceptors (Lipinski definition) is 5. The molecule has 0 N–H and O–H groups in total. The number of ether oxygens (including phenoxy) is 1. The molecule has 2 atom stereocenters. The van der Waals surface area contributed by atoms with Crippen molar-refractivity contribution in [1.82, 2.24) is 14.7 Å². The topological polar surface area (TPSA) is 50.6 Å². The summed E-state index contributed by atoms with van der Waals surface area (Å²) < 4.78 is 7.21. The molecule has 210 valence electrons. The van der Waals surface area contributed by atoms with Crippen molar-refractivity contribution in [2.75, 3.05) is 31.1 Å². The highest BCUT2D eigenvalue weighted by molar-refractivity contribution is 8.01. The van der Waals surface area contributed by atoms with Crippen LogP contribution in [-0.2, 0) is 16.0 Å². The standard InChI is InChI=1S/C34H36N4O2S/c1-2-24-40-33(39)37-26-31(25-30(37)19-21-36-22-23-38-32(36)18-20-35-38)41-34(27-12-6-3-7-13-27,28-14-8-4-9-15-28)29-16-10-5-11-17-29/h2-18,20,30-31H,1,19,21-26H2/t30-,31+/m1/s1. The Kier molecular flexibility index (Phi) is 8.14. The van der Waals surface area contributed by atoms with Gasteiger partial charge in [0.05, 0.1) is 17.5 Å². The first-order valence-electron chi connectivity index (χ1n) is 14.3. The van der Waals surface area contributed by atoms with Gasteiger partial charge in [-0.3, -0.25) is 0 Å². The van der Waals surface area contributed by atoms with E-state index in [0.717, 1.165) is 38.3 Å². The summed E-state index contributed by atoms with van der Waals surface area (Å²) in [5.41, 5.74) is 3.70. The summed E-state index contributed by atoms with van der Waals surface area (Å²) in [6.45, 7) is 7.32. The van der Waals surface area contributed by atoms with Gasteiger partial charge in [0.15, 0.2) is 0 Å². The third-order valence-corrected chi connectivity index (χ3v) is 9.89. The number of fused-ring (bicyclic) bond motifs is 1. The lowest BCUT2D eigenvalue weighted by Crippen LogP contribution is -2.38. The Bertz CT molecular complexity index is 1350. The van der Waals surface area contributed by atoms with E-state index in [1.165, 1.54) is 16.7 Å². The maximum absolute atomic E-state index is 13.3. The van der Waals surface area contributed by atoms with Crippen LogP contribution in [0.15, 0.2) is 116 Å². The number of hydrogen-bond donors (Lipinski definition) is 0. The molecule has 41 heavy (non-hydrogen) atoms. The summed E-state index contributed by atoms with van der Waals surface area (Å²) in [5.74, 6) is 1.16. The fourth-order valence-electron chi connectivity index (χ4n) is 6.27. The summed E-state index contributed by atoms with van der Waals surface area (Å²) in [4.78, 5) is 17.6. The first kappa shape index (κ1) is 27.2. The van der Waals surface area contributed by atoms with E-state index >= 15 is 0 Å². The van der Waals surface area contributed by atoms with Gasteiger partial charge in [0.25, 0.3) is 0 Å². The van der Waals surface area contributed by atoms with Crippen molar-refractivity contribution in [3.8, 4) is 0 Å². The van der Waals surface area contributed by atoms with E-state index in [1.54, 1.807) is 6.08 Å². The highest BCUT2D eigenvalue weighted by Gasteiger charge is 2.44. The van der Waals surface area contributed by atoms with Gasteiger partial charge in [-0.1, -0.05) is 104 Å². The van der Waals surface area contributed by atoms with Gasteiger partial charge in [-0.15, -0.1) is 11.8 Å². The van der Waals surface area contributed by atoms with Crippen LogP contribution < -0.4 is 4.90 Å². The van der Waals surface area contributed by atoms with E-state index in [1.807, 2.05) is 22.9 Å². The molecule has 1 saturated heterocycles. The summed E-state index contributed by atoms with van der Waals surface area (Å²) in [7, 11) is 0. The minimum Gasteiger partial charge on any atom is -0.445 e. The third-order valence-electron chi connectivity index (χ3n) is 8.15. The SMILES string of the molecule is C=CCOC(=O)N1C[C@@H](SC(c2ccccc2)(c2ccccc2)c2ccccc2)C[C@H]1CCN1CCn2nccc21. The smallest absolute Gasteiger partial charge is 0.410 e. The van der Waals surface area contributed by atoms with Gasteiger partial charge >= 0.3 is 6.09 Å². The highest BCUT2D eigenvalue weighted by atomic mass is 32.2. The zero-order chi connectivity index (χ0) is 28.1. The molecular formula is C34H36N4O2S. The van der Waals surface area contributed by atoms with Crippen molar-refractivity contribution >= 4 is 23.7 Å². The molecule has 4 aromatic rings. The number of likely N-dealkylation sites (tertiary alicyclic amines) is 1. The molecule has 3 aromatic carbocycles. The number of amides is 1. The molecule has 0 aliphatic carbocycles. The monoisotopic (exact) mass is 564 g/mol. The van der Waals surface area contributed by atoms with E-state index in [-0.39, 0.29) is 24.0 Å². The minimum absolute atomic E-state index is 0.0850. The normalized spacial score (nSPS) is 18.3. The average molecular weight is 565 g/mol. The zero-order valence-corrected chi connectivity index (χ0v) is 24.0. The van der Waals surface area contributed by atoms with Gasteiger partial charge in [-0.2, -0.15) is 5.10 Å². The van der Waals surface area contributed by atoms with Crippen molar-refractivity contribution in [3.63, 3.8) is 0 Å². The van der Waals surface area contributed by atoms with Crippen molar-refractivity contribution < 1.29 is 9.53 Å².